The smallest absolute Gasteiger partial charge is 0.246 e. The van der Waals surface area contributed by atoms with Gasteiger partial charge in [0.25, 0.3) is 0 Å². The van der Waals surface area contributed by atoms with Crippen LogP contribution in [0.25, 0.3) is 0 Å². The fraction of sp³-hybridized carbons (Fsp3) is 0.353. The van der Waals surface area contributed by atoms with Crippen molar-refractivity contribution in [3.63, 3.8) is 0 Å². The minimum atomic E-state index is -3.88. The molecular weight excluding hydrogens is 347 g/mol. The van der Waals surface area contributed by atoms with Gasteiger partial charge in [-0.15, -0.1) is 0 Å². The molecule has 1 aromatic carbocycles. The normalized spacial score (nSPS) is 16.1. The van der Waals surface area contributed by atoms with E-state index in [0.29, 0.717) is 25.9 Å². The van der Waals surface area contributed by atoms with Crippen molar-refractivity contribution >= 4 is 15.9 Å². The topological polar surface area (TPSA) is 70.8 Å². The van der Waals surface area contributed by atoms with E-state index in [0.717, 1.165) is 11.8 Å². The van der Waals surface area contributed by atoms with Gasteiger partial charge in [-0.3, -0.25) is 4.79 Å². The molecule has 1 aliphatic rings. The zero-order valence-electron chi connectivity index (χ0n) is 13.6. The zero-order chi connectivity index (χ0) is 17.9. The number of hydrogen-bond donors (Lipinski definition) is 0. The summed E-state index contributed by atoms with van der Waals surface area (Å²) in [4.78, 5) is 13.5. The first-order valence-corrected chi connectivity index (χ1v) is 9.47. The Morgan fingerprint density at radius 3 is 2.44 bits per heavy atom. The largest absolute Gasteiger partial charge is 0.469 e. The quantitative estimate of drug-likeness (QED) is 0.810. The maximum atomic E-state index is 13.8. The summed E-state index contributed by atoms with van der Waals surface area (Å²) < 4.78 is 45.3. The van der Waals surface area contributed by atoms with Crippen molar-refractivity contribution in [3.05, 3.63) is 54.2 Å². The molecule has 0 unspecified atom stereocenters. The first kappa shape index (κ1) is 17.6. The molecule has 0 aliphatic carbocycles. The molecule has 0 radical (unpaired) electrons. The number of piperazine rings is 1. The standard InChI is InChI=1S/C17H19FN2O4S/c18-15-5-1-2-6-16(15)25(22,23)20-11-9-19(10-12-20)17(21)8-7-14-4-3-13-24-14/h1-6,13H,7-12H2. The van der Waals surface area contributed by atoms with E-state index in [2.05, 4.69) is 0 Å². The summed E-state index contributed by atoms with van der Waals surface area (Å²) in [5, 5.41) is 0. The average Bonchev–Trinajstić information content (AvgIpc) is 3.13. The first-order chi connectivity index (χ1) is 12.0. The second kappa shape index (κ2) is 7.37. The van der Waals surface area contributed by atoms with Crippen LogP contribution in [0.3, 0.4) is 0 Å². The molecular formula is C17H19FN2O4S. The lowest BCUT2D eigenvalue weighted by Crippen LogP contribution is -2.50. The molecule has 1 amide bonds. The summed E-state index contributed by atoms with van der Waals surface area (Å²) in [5.74, 6) is -0.0621. The predicted octanol–water partition coefficient (Wildman–Crippen LogP) is 1.88. The third-order valence-electron chi connectivity index (χ3n) is 4.21. The molecule has 6 nitrogen and oxygen atoms in total. The van der Waals surface area contributed by atoms with E-state index >= 15 is 0 Å². The summed E-state index contributed by atoms with van der Waals surface area (Å²) in [5.41, 5.74) is 0. The van der Waals surface area contributed by atoms with Crippen molar-refractivity contribution in [2.75, 3.05) is 26.2 Å². The molecule has 0 N–H and O–H groups in total. The lowest BCUT2D eigenvalue weighted by Gasteiger charge is -2.34. The number of amides is 1. The van der Waals surface area contributed by atoms with Crippen LogP contribution in [0.15, 0.2) is 52.0 Å². The van der Waals surface area contributed by atoms with Gasteiger partial charge >= 0.3 is 0 Å². The van der Waals surface area contributed by atoms with Crippen molar-refractivity contribution in [1.82, 2.24) is 9.21 Å². The SMILES string of the molecule is O=C(CCc1ccco1)N1CCN(S(=O)(=O)c2ccccc2F)CC1. The summed E-state index contributed by atoms with van der Waals surface area (Å²) in [6.45, 7) is 0.904. The highest BCUT2D eigenvalue weighted by molar-refractivity contribution is 7.89. The second-order valence-corrected chi connectivity index (χ2v) is 7.70. The van der Waals surface area contributed by atoms with Crippen LogP contribution in [0, 0.1) is 5.82 Å². The Labute approximate surface area is 145 Å². The lowest BCUT2D eigenvalue weighted by atomic mass is 10.2. The molecule has 0 bridgehead atoms. The van der Waals surface area contributed by atoms with Gasteiger partial charge in [-0.2, -0.15) is 4.31 Å². The second-order valence-electron chi connectivity index (χ2n) is 5.79. The number of nitrogens with zero attached hydrogens (tertiary/aromatic N) is 2. The van der Waals surface area contributed by atoms with Gasteiger partial charge in [0.15, 0.2) is 0 Å². The van der Waals surface area contributed by atoms with Gasteiger partial charge < -0.3 is 9.32 Å². The van der Waals surface area contributed by atoms with Crippen LogP contribution in [0.4, 0.5) is 4.39 Å². The number of aryl methyl sites for hydroxylation is 1. The number of halogens is 1. The van der Waals surface area contributed by atoms with Crippen LogP contribution in [-0.4, -0.2) is 49.7 Å². The summed E-state index contributed by atoms with van der Waals surface area (Å²) >= 11 is 0. The van der Waals surface area contributed by atoms with E-state index in [9.17, 15) is 17.6 Å². The van der Waals surface area contributed by atoms with Crippen LogP contribution < -0.4 is 0 Å². The van der Waals surface area contributed by atoms with Gasteiger partial charge in [0.05, 0.1) is 6.26 Å². The molecule has 0 saturated carbocycles. The van der Waals surface area contributed by atoms with Crippen molar-refractivity contribution in [1.29, 1.82) is 0 Å². The Hall–Kier alpha value is -2.19. The van der Waals surface area contributed by atoms with Gasteiger partial charge in [0, 0.05) is 39.0 Å². The molecule has 1 fully saturated rings. The molecule has 0 atom stereocenters. The van der Waals surface area contributed by atoms with Crippen LogP contribution in [0.2, 0.25) is 0 Å². The van der Waals surface area contributed by atoms with E-state index < -0.39 is 15.8 Å². The van der Waals surface area contributed by atoms with Gasteiger partial charge in [0.1, 0.15) is 16.5 Å². The molecule has 1 aromatic heterocycles. The molecule has 2 aromatic rings. The number of carbonyl (C=O) groups is 1. The molecule has 134 valence electrons. The average molecular weight is 366 g/mol. The van der Waals surface area contributed by atoms with E-state index in [1.165, 1.54) is 22.5 Å². The molecule has 3 rings (SSSR count). The number of carbonyl (C=O) groups excluding carboxylic acids is 1. The van der Waals surface area contributed by atoms with Crippen molar-refractivity contribution in [2.24, 2.45) is 0 Å². The molecule has 25 heavy (non-hydrogen) atoms. The van der Waals surface area contributed by atoms with Crippen LogP contribution in [-0.2, 0) is 21.2 Å². The van der Waals surface area contributed by atoms with Crippen LogP contribution in [0.5, 0.6) is 0 Å². The maximum Gasteiger partial charge on any atom is 0.246 e. The first-order valence-electron chi connectivity index (χ1n) is 8.03. The maximum absolute atomic E-state index is 13.8. The minimum Gasteiger partial charge on any atom is -0.469 e. The Bertz CT molecular complexity index is 828. The van der Waals surface area contributed by atoms with Gasteiger partial charge in [-0.05, 0) is 24.3 Å². The van der Waals surface area contributed by atoms with E-state index in [1.54, 1.807) is 17.2 Å². The third-order valence-corrected chi connectivity index (χ3v) is 6.14. The Balaban J connectivity index is 1.58. The fourth-order valence-corrected chi connectivity index (χ4v) is 4.30. The van der Waals surface area contributed by atoms with Crippen molar-refractivity contribution in [3.8, 4) is 0 Å². The third kappa shape index (κ3) is 3.91. The van der Waals surface area contributed by atoms with Gasteiger partial charge in [-0.1, -0.05) is 12.1 Å². The summed E-state index contributed by atoms with van der Waals surface area (Å²) in [6.07, 6.45) is 2.39. The van der Waals surface area contributed by atoms with Crippen LogP contribution >= 0.6 is 0 Å². The number of hydrogen-bond acceptors (Lipinski definition) is 4. The van der Waals surface area contributed by atoms with E-state index in [4.69, 9.17) is 4.42 Å². The number of benzene rings is 1. The fourth-order valence-electron chi connectivity index (χ4n) is 2.81. The summed E-state index contributed by atoms with van der Waals surface area (Å²) in [7, 11) is -3.88. The highest BCUT2D eigenvalue weighted by Crippen LogP contribution is 2.20. The highest BCUT2D eigenvalue weighted by atomic mass is 32.2. The van der Waals surface area contributed by atoms with Gasteiger partial charge in [0.2, 0.25) is 15.9 Å². The molecule has 2 heterocycles. The van der Waals surface area contributed by atoms with Gasteiger partial charge in [-0.25, -0.2) is 12.8 Å². The van der Waals surface area contributed by atoms with E-state index in [1.807, 2.05) is 6.07 Å². The number of rotatable bonds is 5. The lowest BCUT2D eigenvalue weighted by molar-refractivity contribution is -0.132. The molecule has 1 aliphatic heterocycles. The highest BCUT2D eigenvalue weighted by Gasteiger charge is 2.31. The van der Waals surface area contributed by atoms with Crippen molar-refractivity contribution in [2.45, 2.75) is 17.7 Å². The molecule has 8 heteroatoms. The number of furan rings is 1. The Morgan fingerprint density at radius 2 is 1.80 bits per heavy atom. The molecule has 0 spiro atoms. The Morgan fingerprint density at radius 1 is 1.08 bits per heavy atom. The number of sulfonamides is 1. The molecule has 1 saturated heterocycles. The Kier molecular flexibility index (Phi) is 5.19. The summed E-state index contributed by atoms with van der Waals surface area (Å²) in [6, 6.07) is 8.90. The van der Waals surface area contributed by atoms with Crippen molar-refractivity contribution < 1.29 is 22.0 Å². The van der Waals surface area contributed by atoms with E-state index in [-0.39, 0.29) is 23.9 Å². The monoisotopic (exact) mass is 366 g/mol. The van der Waals surface area contributed by atoms with Crippen LogP contribution in [0.1, 0.15) is 12.2 Å². The predicted molar refractivity (Wildman–Crippen MR) is 88.8 cm³/mol. The minimum absolute atomic E-state index is 0.0423. The zero-order valence-corrected chi connectivity index (χ0v) is 14.4.